The van der Waals surface area contributed by atoms with Crippen LogP contribution in [0.5, 0.6) is 0 Å². The largest absolute Gasteiger partial charge is 0.381 e. The molecule has 1 aromatic rings. The van der Waals surface area contributed by atoms with Crippen molar-refractivity contribution in [2.24, 2.45) is 11.5 Å². The molecular formula is C13H18FN3O. The van der Waals surface area contributed by atoms with Gasteiger partial charge in [0, 0.05) is 6.54 Å². The van der Waals surface area contributed by atoms with Crippen LogP contribution in [0.4, 0.5) is 4.39 Å². The van der Waals surface area contributed by atoms with E-state index in [0.29, 0.717) is 12.1 Å². The maximum atomic E-state index is 13.0. The van der Waals surface area contributed by atoms with E-state index >= 15 is 0 Å². The van der Waals surface area contributed by atoms with E-state index < -0.39 is 11.9 Å². The van der Waals surface area contributed by atoms with Crippen LogP contribution in [0.25, 0.3) is 0 Å². The second kappa shape index (κ2) is 6.76. The minimum Gasteiger partial charge on any atom is -0.381 e. The molecular weight excluding hydrogens is 233 g/mol. The molecule has 0 aliphatic heterocycles. The molecule has 1 amide bonds. The number of rotatable bonds is 6. The summed E-state index contributed by atoms with van der Waals surface area (Å²) >= 11 is 0. The lowest BCUT2D eigenvalue weighted by Crippen LogP contribution is -2.28. The fraction of sp³-hybridized carbons (Fsp3) is 0.308. The molecule has 0 aliphatic carbocycles. The Morgan fingerprint density at radius 2 is 2.28 bits per heavy atom. The predicted molar refractivity (Wildman–Crippen MR) is 68.9 cm³/mol. The fourth-order valence-electron chi connectivity index (χ4n) is 1.48. The van der Waals surface area contributed by atoms with Crippen LogP contribution in [0.1, 0.15) is 24.9 Å². The van der Waals surface area contributed by atoms with Gasteiger partial charge in [0.15, 0.2) is 0 Å². The number of amides is 1. The van der Waals surface area contributed by atoms with E-state index in [-0.39, 0.29) is 11.5 Å². The summed E-state index contributed by atoms with van der Waals surface area (Å²) in [6, 6.07) is 5.36. The molecule has 98 valence electrons. The number of primary amides is 1. The van der Waals surface area contributed by atoms with Crippen molar-refractivity contribution in [3.8, 4) is 0 Å². The third-order valence-corrected chi connectivity index (χ3v) is 2.41. The van der Waals surface area contributed by atoms with Crippen molar-refractivity contribution in [2.75, 3.05) is 6.54 Å². The third kappa shape index (κ3) is 4.18. The number of benzene rings is 1. The molecule has 5 heteroatoms. The number of carbonyl (C=O) groups excluding carboxylic acids is 1. The highest BCUT2D eigenvalue weighted by molar-refractivity contribution is 5.91. The molecule has 0 heterocycles. The van der Waals surface area contributed by atoms with Crippen molar-refractivity contribution in [2.45, 2.75) is 19.4 Å². The summed E-state index contributed by atoms with van der Waals surface area (Å²) in [5.74, 6) is -0.936. The third-order valence-electron chi connectivity index (χ3n) is 2.41. The Hall–Kier alpha value is -1.88. The molecule has 0 fully saturated rings. The first-order valence-electron chi connectivity index (χ1n) is 5.81. The molecule has 0 saturated carbocycles. The Labute approximate surface area is 106 Å². The molecule has 1 rings (SSSR count). The Kier molecular flexibility index (Phi) is 5.32. The first-order valence-corrected chi connectivity index (χ1v) is 5.81. The van der Waals surface area contributed by atoms with Crippen molar-refractivity contribution in [1.82, 2.24) is 5.32 Å². The molecule has 0 aromatic heterocycles. The van der Waals surface area contributed by atoms with Crippen molar-refractivity contribution in [1.29, 1.82) is 0 Å². The number of halogens is 1. The monoisotopic (exact) mass is 251 g/mol. The average Bonchev–Trinajstić information content (AvgIpc) is 2.33. The van der Waals surface area contributed by atoms with Gasteiger partial charge in [-0.05, 0) is 30.2 Å². The van der Waals surface area contributed by atoms with Crippen LogP contribution in [-0.2, 0) is 4.79 Å². The molecule has 1 atom stereocenters. The molecule has 0 saturated heterocycles. The van der Waals surface area contributed by atoms with Gasteiger partial charge in [0.1, 0.15) is 5.82 Å². The maximum Gasteiger partial charge on any atom is 0.264 e. The lowest BCUT2D eigenvalue weighted by Gasteiger charge is -2.11. The highest BCUT2D eigenvalue weighted by atomic mass is 19.1. The number of hydrogen-bond acceptors (Lipinski definition) is 3. The van der Waals surface area contributed by atoms with Crippen LogP contribution in [-0.4, -0.2) is 12.5 Å². The van der Waals surface area contributed by atoms with Gasteiger partial charge < -0.3 is 16.8 Å². The first-order chi connectivity index (χ1) is 8.54. The number of nitrogens with two attached hydrogens (primary N) is 2. The zero-order valence-electron chi connectivity index (χ0n) is 10.3. The van der Waals surface area contributed by atoms with Crippen molar-refractivity contribution < 1.29 is 9.18 Å². The standard InChI is InChI=1S/C13H18FN3O/c1-2-6-17-12(13(16)18)8-11(15)9-4-3-5-10(14)7-9/h3-5,7-8,11,17H,2,6,15H2,1H3,(H2,16,18). The normalized spacial score (nSPS) is 13.2. The molecule has 0 spiro atoms. The summed E-state index contributed by atoms with van der Waals surface area (Å²) in [4.78, 5) is 11.2. The van der Waals surface area contributed by atoms with Gasteiger partial charge in [-0.25, -0.2) is 4.39 Å². The Morgan fingerprint density at radius 1 is 1.56 bits per heavy atom. The Bertz CT molecular complexity index is 446. The van der Waals surface area contributed by atoms with Crippen LogP contribution >= 0.6 is 0 Å². The number of nitrogens with one attached hydrogen (secondary N) is 1. The van der Waals surface area contributed by atoms with Crippen LogP contribution in [0.15, 0.2) is 36.0 Å². The van der Waals surface area contributed by atoms with Gasteiger partial charge in [-0.2, -0.15) is 0 Å². The predicted octanol–water partition coefficient (Wildman–Crippen LogP) is 1.19. The van der Waals surface area contributed by atoms with E-state index in [4.69, 9.17) is 11.5 Å². The van der Waals surface area contributed by atoms with Gasteiger partial charge in [0.2, 0.25) is 0 Å². The summed E-state index contributed by atoms with van der Waals surface area (Å²) < 4.78 is 13.0. The van der Waals surface area contributed by atoms with E-state index in [1.165, 1.54) is 18.2 Å². The summed E-state index contributed by atoms with van der Waals surface area (Å²) in [5.41, 5.74) is 12.0. The smallest absolute Gasteiger partial charge is 0.264 e. The minimum atomic E-state index is -0.576. The lowest BCUT2D eigenvalue weighted by atomic mass is 10.1. The molecule has 0 radical (unpaired) electrons. The quantitative estimate of drug-likeness (QED) is 0.664. The summed E-state index contributed by atoms with van der Waals surface area (Å²) in [6.45, 7) is 2.60. The Morgan fingerprint density at radius 3 is 2.83 bits per heavy atom. The zero-order valence-corrected chi connectivity index (χ0v) is 10.3. The maximum absolute atomic E-state index is 13.0. The minimum absolute atomic E-state index is 0.258. The molecule has 0 bridgehead atoms. The first kappa shape index (κ1) is 14.2. The van der Waals surface area contributed by atoms with Crippen LogP contribution in [0.3, 0.4) is 0 Å². The average molecular weight is 251 g/mol. The van der Waals surface area contributed by atoms with E-state index in [0.717, 1.165) is 6.42 Å². The molecule has 1 aromatic carbocycles. The van der Waals surface area contributed by atoms with Gasteiger partial charge in [-0.1, -0.05) is 19.1 Å². The van der Waals surface area contributed by atoms with Crippen LogP contribution in [0, 0.1) is 5.82 Å². The number of hydrogen-bond donors (Lipinski definition) is 3. The molecule has 0 aliphatic rings. The van der Waals surface area contributed by atoms with Crippen molar-refractivity contribution in [3.05, 3.63) is 47.4 Å². The summed E-state index contributed by atoms with van der Waals surface area (Å²) in [7, 11) is 0. The van der Waals surface area contributed by atoms with Gasteiger partial charge >= 0.3 is 0 Å². The lowest BCUT2D eigenvalue weighted by molar-refractivity contribution is -0.114. The van der Waals surface area contributed by atoms with Gasteiger partial charge in [0.25, 0.3) is 5.91 Å². The van der Waals surface area contributed by atoms with E-state index in [1.54, 1.807) is 12.1 Å². The Balaban J connectivity index is 2.87. The topological polar surface area (TPSA) is 81.1 Å². The van der Waals surface area contributed by atoms with Crippen LogP contribution < -0.4 is 16.8 Å². The number of carbonyl (C=O) groups is 1. The molecule has 18 heavy (non-hydrogen) atoms. The van der Waals surface area contributed by atoms with E-state index in [9.17, 15) is 9.18 Å². The molecule has 4 nitrogen and oxygen atoms in total. The molecule has 5 N–H and O–H groups in total. The highest BCUT2D eigenvalue weighted by Gasteiger charge is 2.09. The van der Waals surface area contributed by atoms with E-state index in [1.807, 2.05) is 6.92 Å². The van der Waals surface area contributed by atoms with Gasteiger partial charge in [0.05, 0.1) is 11.7 Å². The van der Waals surface area contributed by atoms with E-state index in [2.05, 4.69) is 5.32 Å². The second-order valence-electron chi connectivity index (χ2n) is 3.95. The zero-order chi connectivity index (χ0) is 13.5. The fourth-order valence-corrected chi connectivity index (χ4v) is 1.48. The van der Waals surface area contributed by atoms with Gasteiger partial charge in [-0.15, -0.1) is 0 Å². The van der Waals surface area contributed by atoms with Gasteiger partial charge in [-0.3, -0.25) is 4.79 Å². The van der Waals surface area contributed by atoms with Crippen molar-refractivity contribution >= 4 is 5.91 Å². The summed E-state index contributed by atoms with van der Waals surface area (Å²) in [5, 5.41) is 2.90. The van der Waals surface area contributed by atoms with Crippen LogP contribution in [0.2, 0.25) is 0 Å². The second-order valence-corrected chi connectivity index (χ2v) is 3.95. The highest BCUT2D eigenvalue weighted by Crippen LogP contribution is 2.14. The SMILES string of the molecule is CCCNC(=CC(N)c1cccc(F)c1)C(N)=O. The molecule has 1 unspecified atom stereocenters. The summed E-state index contributed by atoms with van der Waals surface area (Å²) in [6.07, 6.45) is 2.37. The van der Waals surface area contributed by atoms with Crippen molar-refractivity contribution in [3.63, 3.8) is 0 Å².